The standard InChI is InChI=1S/C30H38N2O5/c1-27-13-10-24-25(30(27,36)16-12-23(27)20-7-8-26(34)37-18-20)11-15-29(35)17-22(33)9-14-28(24,29)19-31-32-21-5-3-2-4-6-21/h2-8,18,22-25,33,35-36H,9-17,19H2,1H3. The highest BCUT2D eigenvalue weighted by Gasteiger charge is 2.71. The summed E-state index contributed by atoms with van der Waals surface area (Å²) in [4.78, 5) is 11.6. The van der Waals surface area contributed by atoms with Crippen molar-refractivity contribution in [1.29, 1.82) is 0 Å². The van der Waals surface area contributed by atoms with Crippen LogP contribution in [-0.2, 0) is 0 Å². The summed E-state index contributed by atoms with van der Waals surface area (Å²) in [6, 6.07) is 13.0. The lowest BCUT2D eigenvalue weighted by atomic mass is 9.41. The lowest BCUT2D eigenvalue weighted by Crippen LogP contribution is -2.69. The quantitative estimate of drug-likeness (QED) is 0.498. The molecule has 1 aromatic heterocycles. The minimum absolute atomic E-state index is 0.0365. The molecular formula is C30H38N2O5. The summed E-state index contributed by atoms with van der Waals surface area (Å²) in [7, 11) is 0. The van der Waals surface area contributed by atoms with Crippen LogP contribution in [0.5, 0.6) is 0 Å². The number of azo groups is 1. The summed E-state index contributed by atoms with van der Waals surface area (Å²) in [6.45, 7) is 2.60. The van der Waals surface area contributed by atoms with E-state index in [1.165, 1.54) is 6.07 Å². The molecule has 4 aliphatic carbocycles. The summed E-state index contributed by atoms with van der Waals surface area (Å²) in [6.07, 6.45) is 7.26. The number of aliphatic hydroxyl groups is 3. The highest BCUT2D eigenvalue weighted by Crippen LogP contribution is 2.71. The fourth-order valence-corrected chi connectivity index (χ4v) is 9.17. The Labute approximate surface area is 217 Å². The first-order valence-corrected chi connectivity index (χ1v) is 13.8. The number of hydrogen-bond acceptors (Lipinski definition) is 7. The highest BCUT2D eigenvalue weighted by molar-refractivity contribution is 5.35. The Morgan fingerprint density at radius 3 is 2.49 bits per heavy atom. The molecule has 0 radical (unpaired) electrons. The molecule has 37 heavy (non-hydrogen) atoms. The lowest BCUT2D eigenvalue weighted by molar-refractivity contribution is -0.256. The van der Waals surface area contributed by atoms with E-state index in [4.69, 9.17) is 4.42 Å². The summed E-state index contributed by atoms with van der Waals surface area (Å²) in [5.74, 6) is 0.249. The van der Waals surface area contributed by atoms with Crippen molar-refractivity contribution in [2.45, 2.75) is 87.9 Å². The molecule has 0 saturated heterocycles. The molecular weight excluding hydrogens is 468 g/mol. The fraction of sp³-hybridized carbons (Fsp3) is 0.633. The van der Waals surface area contributed by atoms with Crippen LogP contribution in [0.3, 0.4) is 0 Å². The normalized spacial score (nSPS) is 43.2. The third kappa shape index (κ3) is 3.68. The monoisotopic (exact) mass is 506 g/mol. The van der Waals surface area contributed by atoms with Crippen LogP contribution in [0, 0.1) is 22.7 Å². The predicted octanol–water partition coefficient (Wildman–Crippen LogP) is 5.12. The van der Waals surface area contributed by atoms with Crippen molar-refractivity contribution in [1.82, 2.24) is 0 Å². The van der Waals surface area contributed by atoms with Crippen LogP contribution < -0.4 is 5.63 Å². The molecule has 4 aliphatic rings. The second kappa shape index (κ2) is 8.85. The van der Waals surface area contributed by atoms with E-state index in [0.29, 0.717) is 38.6 Å². The van der Waals surface area contributed by atoms with Gasteiger partial charge in [0.15, 0.2) is 0 Å². The van der Waals surface area contributed by atoms with Gasteiger partial charge in [-0.1, -0.05) is 25.1 Å². The number of nitrogens with zero attached hydrogens (tertiary/aromatic N) is 2. The average Bonchev–Trinajstić information content (AvgIpc) is 3.16. The van der Waals surface area contributed by atoms with Gasteiger partial charge in [-0.05, 0) is 92.9 Å². The van der Waals surface area contributed by atoms with Gasteiger partial charge in [0, 0.05) is 23.3 Å². The summed E-state index contributed by atoms with van der Waals surface area (Å²) < 4.78 is 5.21. The van der Waals surface area contributed by atoms with E-state index in [2.05, 4.69) is 17.2 Å². The second-order valence-corrected chi connectivity index (χ2v) is 12.4. The molecule has 0 aliphatic heterocycles. The maximum Gasteiger partial charge on any atom is 0.335 e. The minimum atomic E-state index is -1.02. The SMILES string of the molecule is CC12CCC3C(CCC4(O)CC(O)CCC34CN=Nc3ccccc3)C1(O)CCC2c1ccc(=O)oc1. The average molecular weight is 507 g/mol. The van der Waals surface area contributed by atoms with Gasteiger partial charge in [0.1, 0.15) is 0 Å². The van der Waals surface area contributed by atoms with Crippen molar-refractivity contribution in [2.24, 2.45) is 32.9 Å². The van der Waals surface area contributed by atoms with E-state index in [1.807, 2.05) is 36.4 Å². The smallest absolute Gasteiger partial charge is 0.335 e. The van der Waals surface area contributed by atoms with E-state index in [-0.39, 0.29) is 28.8 Å². The fourth-order valence-electron chi connectivity index (χ4n) is 9.17. The predicted molar refractivity (Wildman–Crippen MR) is 139 cm³/mol. The van der Waals surface area contributed by atoms with E-state index >= 15 is 0 Å². The Bertz CT molecular complexity index is 1210. The number of aliphatic hydroxyl groups excluding tert-OH is 1. The van der Waals surface area contributed by atoms with Crippen molar-refractivity contribution >= 4 is 5.69 Å². The molecule has 198 valence electrons. The number of hydrogen-bond donors (Lipinski definition) is 3. The first-order chi connectivity index (χ1) is 17.7. The van der Waals surface area contributed by atoms with E-state index in [0.717, 1.165) is 36.9 Å². The molecule has 7 nitrogen and oxygen atoms in total. The Balaban J connectivity index is 1.35. The Kier molecular flexibility index (Phi) is 5.97. The van der Waals surface area contributed by atoms with Crippen LogP contribution >= 0.6 is 0 Å². The minimum Gasteiger partial charge on any atom is -0.431 e. The first-order valence-electron chi connectivity index (χ1n) is 13.8. The largest absolute Gasteiger partial charge is 0.431 e. The Hall–Kier alpha value is -2.35. The second-order valence-electron chi connectivity index (χ2n) is 12.4. The molecule has 2 aromatic rings. The molecule has 1 aromatic carbocycles. The van der Waals surface area contributed by atoms with Gasteiger partial charge in [-0.2, -0.15) is 10.2 Å². The molecule has 7 heteroatoms. The summed E-state index contributed by atoms with van der Waals surface area (Å²) >= 11 is 0. The first kappa shape index (κ1) is 25.0. The van der Waals surface area contributed by atoms with Crippen molar-refractivity contribution in [3.63, 3.8) is 0 Å². The zero-order valence-corrected chi connectivity index (χ0v) is 21.6. The third-order valence-electron chi connectivity index (χ3n) is 11.1. The molecule has 0 amide bonds. The molecule has 3 N–H and O–H groups in total. The van der Waals surface area contributed by atoms with Gasteiger partial charge < -0.3 is 19.7 Å². The van der Waals surface area contributed by atoms with E-state index < -0.39 is 22.7 Å². The van der Waals surface area contributed by atoms with Gasteiger partial charge in [-0.3, -0.25) is 0 Å². The van der Waals surface area contributed by atoms with Gasteiger partial charge in [0.05, 0.1) is 35.8 Å². The van der Waals surface area contributed by atoms with Gasteiger partial charge in [0.2, 0.25) is 0 Å². The van der Waals surface area contributed by atoms with Gasteiger partial charge in [0.25, 0.3) is 0 Å². The third-order valence-corrected chi connectivity index (χ3v) is 11.1. The van der Waals surface area contributed by atoms with E-state index in [9.17, 15) is 20.1 Å². The lowest BCUT2D eigenvalue weighted by Gasteiger charge is -2.66. The zero-order valence-electron chi connectivity index (χ0n) is 21.6. The molecule has 1 heterocycles. The van der Waals surface area contributed by atoms with Crippen LogP contribution in [-0.4, -0.2) is 39.2 Å². The highest BCUT2D eigenvalue weighted by atomic mass is 16.4. The molecule has 8 atom stereocenters. The molecule has 8 unspecified atom stereocenters. The number of rotatable bonds is 4. The topological polar surface area (TPSA) is 116 Å². The van der Waals surface area contributed by atoms with Crippen LogP contribution in [0.1, 0.15) is 76.2 Å². The summed E-state index contributed by atoms with van der Waals surface area (Å²) in [5.41, 5.74) is -1.36. The summed E-state index contributed by atoms with van der Waals surface area (Å²) in [5, 5.41) is 44.3. The van der Waals surface area contributed by atoms with Crippen LogP contribution in [0.15, 0.2) is 68.2 Å². The number of benzene rings is 1. The van der Waals surface area contributed by atoms with Gasteiger partial charge in [-0.15, -0.1) is 0 Å². The number of fused-ring (bicyclic) bond motifs is 5. The van der Waals surface area contributed by atoms with Crippen molar-refractivity contribution in [2.75, 3.05) is 6.54 Å². The van der Waals surface area contributed by atoms with Gasteiger partial charge in [-0.25, -0.2) is 4.79 Å². The van der Waals surface area contributed by atoms with Crippen LogP contribution in [0.25, 0.3) is 0 Å². The van der Waals surface area contributed by atoms with Crippen LogP contribution in [0.4, 0.5) is 5.69 Å². The Morgan fingerprint density at radius 1 is 0.946 bits per heavy atom. The molecule has 0 bridgehead atoms. The molecule has 6 rings (SSSR count). The maximum absolute atomic E-state index is 12.5. The van der Waals surface area contributed by atoms with Crippen molar-refractivity contribution in [3.05, 3.63) is 64.7 Å². The Morgan fingerprint density at radius 2 is 1.73 bits per heavy atom. The van der Waals surface area contributed by atoms with Gasteiger partial charge >= 0.3 is 5.63 Å². The zero-order chi connectivity index (χ0) is 25.9. The van der Waals surface area contributed by atoms with E-state index in [1.54, 1.807) is 6.26 Å². The van der Waals surface area contributed by atoms with Crippen molar-refractivity contribution < 1.29 is 19.7 Å². The van der Waals surface area contributed by atoms with Crippen molar-refractivity contribution in [3.8, 4) is 0 Å². The molecule has 0 spiro atoms. The maximum atomic E-state index is 12.5. The molecule has 4 fully saturated rings. The van der Waals surface area contributed by atoms with Crippen LogP contribution in [0.2, 0.25) is 0 Å². The molecule has 4 saturated carbocycles.